The fraction of sp³-hybridized carbons (Fsp3) is 0.667. The summed E-state index contributed by atoms with van der Waals surface area (Å²) in [5, 5.41) is 0. The molecule has 0 unspecified atom stereocenters. The van der Waals surface area contributed by atoms with E-state index in [2.05, 4.69) is 0 Å². The highest BCUT2D eigenvalue weighted by Gasteiger charge is 2.29. The number of hydrogen-bond acceptors (Lipinski definition) is 3. The maximum absolute atomic E-state index is 13.2. The quantitative estimate of drug-likeness (QED) is 0.779. The molecule has 0 radical (unpaired) electrons. The lowest BCUT2D eigenvalue weighted by atomic mass is 9.94. The number of sulfonamides is 1. The largest absolute Gasteiger partial charge is 0.339 e. The van der Waals surface area contributed by atoms with Crippen LogP contribution in [0, 0.1) is 6.92 Å². The van der Waals surface area contributed by atoms with Gasteiger partial charge in [0.1, 0.15) is 0 Å². The molecule has 0 bridgehead atoms. The molecule has 1 aromatic rings. The molecule has 1 aromatic carbocycles. The Morgan fingerprint density at radius 2 is 1.59 bits per heavy atom. The van der Waals surface area contributed by atoms with E-state index in [0.717, 1.165) is 51.4 Å². The Morgan fingerprint density at radius 3 is 2.22 bits per heavy atom. The van der Waals surface area contributed by atoms with Gasteiger partial charge in [-0.15, -0.1) is 0 Å². The van der Waals surface area contributed by atoms with Gasteiger partial charge in [0.15, 0.2) is 0 Å². The van der Waals surface area contributed by atoms with E-state index in [1.54, 1.807) is 22.5 Å². The first-order chi connectivity index (χ1) is 12.9. The summed E-state index contributed by atoms with van der Waals surface area (Å²) in [5.74, 6) is -0.0748. The van der Waals surface area contributed by atoms with Crippen LogP contribution in [-0.4, -0.2) is 49.7 Å². The minimum atomic E-state index is -3.56. The molecule has 3 rings (SSSR count). The van der Waals surface area contributed by atoms with E-state index < -0.39 is 10.0 Å². The van der Waals surface area contributed by atoms with E-state index in [-0.39, 0.29) is 16.8 Å². The molecule has 1 saturated carbocycles. The van der Waals surface area contributed by atoms with Crippen LogP contribution in [0.15, 0.2) is 23.1 Å². The van der Waals surface area contributed by atoms with Crippen molar-refractivity contribution in [2.75, 3.05) is 20.1 Å². The maximum Gasteiger partial charge on any atom is 0.253 e. The molecule has 27 heavy (non-hydrogen) atoms. The monoisotopic (exact) mass is 392 g/mol. The van der Waals surface area contributed by atoms with Gasteiger partial charge in [0, 0.05) is 31.7 Å². The molecule has 1 aliphatic carbocycles. The lowest BCUT2D eigenvalue weighted by molar-refractivity contribution is 0.0696. The second kappa shape index (κ2) is 8.74. The zero-order chi connectivity index (χ0) is 19.4. The molecule has 0 aromatic heterocycles. The van der Waals surface area contributed by atoms with Crippen LogP contribution in [0.2, 0.25) is 0 Å². The van der Waals surface area contributed by atoms with Crippen molar-refractivity contribution in [3.8, 4) is 0 Å². The van der Waals surface area contributed by atoms with Crippen LogP contribution in [0.25, 0.3) is 0 Å². The summed E-state index contributed by atoms with van der Waals surface area (Å²) >= 11 is 0. The van der Waals surface area contributed by atoms with Gasteiger partial charge >= 0.3 is 0 Å². The molecule has 2 fully saturated rings. The predicted molar refractivity (Wildman–Crippen MR) is 107 cm³/mol. The predicted octanol–water partition coefficient (Wildman–Crippen LogP) is 3.96. The lowest BCUT2D eigenvalue weighted by Gasteiger charge is -2.31. The molecule has 6 heteroatoms. The van der Waals surface area contributed by atoms with Crippen molar-refractivity contribution in [2.24, 2.45) is 0 Å². The fourth-order valence-corrected chi connectivity index (χ4v) is 6.04. The van der Waals surface area contributed by atoms with Crippen molar-refractivity contribution in [3.05, 3.63) is 29.3 Å². The van der Waals surface area contributed by atoms with Crippen LogP contribution in [-0.2, 0) is 10.0 Å². The van der Waals surface area contributed by atoms with E-state index in [1.165, 1.54) is 6.42 Å². The van der Waals surface area contributed by atoms with Crippen molar-refractivity contribution < 1.29 is 13.2 Å². The molecular formula is C21H32N2O3S. The van der Waals surface area contributed by atoms with Gasteiger partial charge < -0.3 is 4.90 Å². The van der Waals surface area contributed by atoms with Gasteiger partial charge in [0.2, 0.25) is 10.0 Å². The van der Waals surface area contributed by atoms with Crippen LogP contribution in [0.4, 0.5) is 0 Å². The standard InChI is InChI=1S/C21H32N2O3S/c1-17-12-13-18(21(24)22(2)19-10-6-5-7-11-19)16-20(17)27(25,26)23-14-8-3-4-9-15-23/h12-13,16,19H,3-11,14-15H2,1-2H3. The van der Waals surface area contributed by atoms with Crippen molar-refractivity contribution in [3.63, 3.8) is 0 Å². The molecule has 1 saturated heterocycles. The van der Waals surface area contributed by atoms with Crippen LogP contribution in [0.3, 0.4) is 0 Å². The van der Waals surface area contributed by atoms with Crippen molar-refractivity contribution in [2.45, 2.75) is 75.6 Å². The molecule has 2 aliphatic rings. The third-order valence-corrected chi connectivity index (χ3v) is 8.10. The normalized spacial score (nSPS) is 20.2. The Labute approximate surface area is 163 Å². The third kappa shape index (κ3) is 4.54. The Hall–Kier alpha value is -1.40. The summed E-state index contributed by atoms with van der Waals surface area (Å²) in [6, 6.07) is 5.39. The van der Waals surface area contributed by atoms with E-state index >= 15 is 0 Å². The Balaban J connectivity index is 1.86. The molecule has 0 spiro atoms. The highest BCUT2D eigenvalue weighted by Crippen LogP contribution is 2.26. The molecule has 150 valence electrons. The van der Waals surface area contributed by atoms with Gasteiger partial charge in [-0.05, 0) is 50.3 Å². The van der Waals surface area contributed by atoms with E-state index in [1.807, 2.05) is 18.9 Å². The molecular weight excluding hydrogens is 360 g/mol. The summed E-state index contributed by atoms with van der Waals surface area (Å²) in [5.41, 5.74) is 1.18. The number of aryl methyl sites for hydroxylation is 1. The number of nitrogens with zero attached hydrogens (tertiary/aromatic N) is 2. The fourth-order valence-electron chi connectivity index (χ4n) is 4.27. The summed E-state index contributed by atoms with van der Waals surface area (Å²) in [7, 11) is -1.71. The molecule has 1 aliphatic heterocycles. The Bertz CT molecular complexity index is 762. The zero-order valence-electron chi connectivity index (χ0n) is 16.6. The minimum Gasteiger partial charge on any atom is -0.339 e. The summed E-state index contributed by atoms with van der Waals surface area (Å²) in [6.07, 6.45) is 9.59. The maximum atomic E-state index is 13.2. The molecule has 1 amide bonds. The van der Waals surface area contributed by atoms with Crippen molar-refractivity contribution >= 4 is 15.9 Å². The second-order valence-electron chi connectivity index (χ2n) is 8.01. The molecule has 0 N–H and O–H groups in total. The van der Waals surface area contributed by atoms with E-state index in [4.69, 9.17) is 0 Å². The number of amides is 1. The first-order valence-corrected chi connectivity index (χ1v) is 11.7. The average molecular weight is 393 g/mol. The first-order valence-electron chi connectivity index (χ1n) is 10.3. The summed E-state index contributed by atoms with van der Waals surface area (Å²) in [4.78, 5) is 15.1. The van der Waals surface area contributed by atoms with Gasteiger partial charge in [-0.2, -0.15) is 4.31 Å². The van der Waals surface area contributed by atoms with Crippen LogP contribution in [0.5, 0.6) is 0 Å². The Morgan fingerprint density at radius 1 is 1.00 bits per heavy atom. The second-order valence-corrected chi connectivity index (χ2v) is 9.91. The summed E-state index contributed by atoms with van der Waals surface area (Å²) < 4.78 is 28.0. The van der Waals surface area contributed by atoms with Gasteiger partial charge in [0.05, 0.1) is 4.90 Å². The minimum absolute atomic E-state index is 0.0748. The third-order valence-electron chi connectivity index (χ3n) is 6.06. The number of carbonyl (C=O) groups is 1. The van der Waals surface area contributed by atoms with Crippen molar-refractivity contribution in [1.29, 1.82) is 0 Å². The number of rotatable bonds is 4. The lowest BCUT2D eigenvalue weighted by Crippen LogP contribution is -2.38. The SMILES string of the molecule is Cc1ccc(C(=O)N(C)C2CCCCC2)cc1S(=O)(=O)N1CCCCCC1. The zero-order valence-corrected chi connectivity index (χ0v) is 17.4. The smallest absolute Gasteiger partial charge is 0.253 e. The molecule has 0 atom stereocenters. The van der Waals surface area contributed by atoms with Crippen LogP contribution in [0.1, 0.15) is 73.7 Å². The summed E-state index contributed by atoms with van der Waals surface area (Å²) in [6.45, 7) is 2.95. The Kier molecular flexibility index (Phi) is 6.58. The first kappa shape index (κ1) is 20.3. The van der Waals surface area contributed by atoms with Crippen molar-refractivity contribution in [1.82, 2.24) is 9.21 Å². The molecule has 1 heterocycles. The van der Waals surface area contributed by atoms with E-state index in [9.17, 15) is 13.2 Å². The van der Waals surface area contributed by atoms with Crippen LogP contribution >= 0.6 is 0 Å². The van der Waals surface area contributed by atoms with Crippen LogP contribution < -0.4 is 0 Å². The topological polar surface area (TPSA) is 57.7 Å². The van der Waals surface area contributed by atoms with Gasteiger partial charge in [-0.3, -0.25) is 4.79 Å². The number of carbonyl (C=O) groups excluding carboxylic acids is 1. The number of hydrogen-bond donors (Lipinski definition) is 0. The van der Waals surface area contributed by atoms with Gasteiger partial charge in [0.25, 0.3) is 5.91 Å². The van der Waals surface area contributed by atoms with Gasteiger partial charge in [-0.25, -0.2) is 8.42 Å². The molecule has 5 nitrogen and oxygen atoms in total. The van der Waals surface area contributed by atoms with Gasteiger partial charge in [-0.1, -0.05) is 38.2 Å². The highest BCUT2D eigenvalue weighted by molar-refractivity contribution is 7.89. The van der Waals surface area contributed by atoms with E-state index in [0.29, 0.717) is 24.2 Å². The highest BCUT2D eigenvalue weighted by atomic mass is 32.2. The number of benzene rings is 1. The average Bonchev–Trinajstić information content (AvgIpc) is 2.98.